The maximum absolute atomic E-state index is 11.4. The first-order valence-corrected chi connectivity index (χ1v) is 5.97. The summed E-state index contributed by atoms with van der Waals surface area (Å²) in [6, 6.07) is 5.34. The average Bonchev–Trinajstić information content (AvgIpc) is 2.28. The fraction of sp³-hybridized carbons (Fsp3) is 0.273. The number of rotatable bonds is 2. The van der Waals surface area contributed by atoms with Crippen LogP contribution in [0.4, 0.5) is 5.69 Å². The summed E-state index contributed by atoms with van der Waals surface area (Å²) in [6.45, 7) is 1.68. The maximum Gasteiger partial charge on any atom is 0.239 e. The molecule has 1 aromatic carbocycles. The Kier molecular flexibility index (Phi) is 3.49. The van der Waals surface area contributed by atoms with E-state index in [0.717, 1.165) is 12.2 Å². The molecular formula is C11H12ClN3OS. The van der Waals surface area contributed by atoms with Gasteiger partial charge in [-0.3, -0.25) is 4.79 Å². The van der Waals surface area contributed by atoms with Crippen molar-refractivity contribution in [2.24, 2.45) is 5.73 Å². The number of nitrogens with one attached hydrogen (secondary N) is 1. The Balaban J connectivity index is 2.37. The number of benzene rings is 1. The first-order chi connectivity index (χ1) is 8.08. The maximum atomic E-state index is 11.4. The number of anilines is 1. The summed E-state index contributed by atoms with van der Waals surface area (Å²) in [4.78, 5) is 13.6. The van der Waals surface area contributed by atoms with E-state index in [4.69, 9.17) is 29.6 Å². The van der Waals surface area contributed by atoms with E-state index >= 15 is 0 Å². The number of carbonyl (C=O) groups is 1. The van der Waals surface area contributed by atoms with E-state index in [1.807, 2.05) is 11.0 Å². The summed E-state index contributed by atoms with van der Waals surface area (Å²) < 4.78 is 0. The van der Waals surface area contributed by atoms with E-state index in [9.17, 15) is 4.79 Å². The molecule has 0 spiro atoms. The number of thiocarbonyl (C=S) groups is 1. The Labute approximate surface area is 110 Å². The van der Waals surface area contributed by atoms with Gasteiger partial charge >= 0.3 is 0 Å². The van der Waals surface area contributed by atoms with Crippen molar-refractivity contribution in [3.63, 3.8) is 0 Å². The number of hydrogen-bond acceptors (Lipinski definition) is 3. The molecular weight excluding hydrogens is 258 g/mol. The van der Waals surface area contributed by atoms with Crippen LogP contribution in [0.15, 0.2) is 18.2 Å². The zero-order valence-electron chi connectivity index (χ0n) is 9.07. The fourth-order valence-electron chi connectivity index (χ4n) is 1.83. The summed E-state index contributed by atoms with van der Waals surface area (Å²) in [5, 5.41) is 3.35. The van der Waals surface area contributed by atoms with E-state index in [2.05, 4.69) is 5.32 Å². The molecule has 1 aromatic rings. The molecule has 1 amide bonds. The molecule has 17 heavy (non-hydrogen) atoms. The van der Waals surface area contributed by atoms with E-state index in [1.165, 1.54) is 0 Å². The van der Waals surface area contributed by atoms with Gasteiger partial charge < -0.3 is 16.0 Å². The van der Waals surface area contributed by atoms with Crippen LogP contribution in [0.1, 0.15) is 5.56 Å². The van der Waals surface area contributed by atoms with E-state index in [1.54, 1.807) is 12.1 Å². The highest BCUT2D eigenvalue weighted by Gasteiger charge is 2.19. The quantitative estimate of drug-likeness (QED) is 0.784. The van der Waals surface area contributed by atoms with Gasteiger partial charge in [0.1, 0.15) is 4.99 Å². The molecule has 1 heterocycles. The number of amides is 1. The van der Waals surface area contributed by atoms with E-state index in [0.29, 0.717) is 23.7 Å². The highest BCUT2D eigenvalue weighted by Crippen LogP contribution is 2.24. The van der Waals surface area contributed by atoms with Gasteiger partial charge in [0.05, 0.1) is 6.54 Å². The van der Waals surface area contributed by atoms with Crippen molar-refractivity contribution in [1.29, 1.82) is 0 Å². The average molecular weight is 270 g/mol. The fourth-order valence-corrected chi connectivity index (χ4v) is 2.16. The normalized spacial score (nSPS) is 15.6. The largest absolute Gasteiger partial charge is 0.389 e. The SMILES string of the molecule is NC(=S)c1cc(Cl)ccc1N1CCNC(=O)C1. The molecule has 0 radical (unpaired) electrons. The van der Waals surface area contributed by atoms with Crippen LogP contribution in [-0.4, -0.2) is 30.5 Å². The second kappa shape index (κ2) is 4.89. The summed E-state index contributed by atoms with van der Waals surface area (Å²) in [5.74, 6) is 0.0000831. The molecule has 90 valence electrons. The zero-order chi connectivity index (χ0) is 12.4. The summed E-state index contributed by atoms with van der Waals surface area (Å²) >= 11 is 10.9. The molecule has 1 aliphatic rings. The molecule has 0 bridgehead atoms. The molecule has 3 N–H and O–H groups in total. The highest BCUT2D eigenvalue weighted by atomic mass is 35.5. The van der Waals surface area contributed by atoms with Gasteiger partial charge in [0.25, 0.3) is 0 Å². The molecule has 6 heteroatoms. The van der Waals surface area contributed by atoms with Gasteiger partial charge in [-0.25, -0.2) is 0 Å². The van der Waals surface area contributed by atoms with Crippen LogP contribution in [0.3, 0.4) is 0 Å². The Morgan fingerprint density at radius 3 is 2.94 bits per heavy atom. The van der Waals surface area contributed by atoms with Crippen molar-refractivity contribution < 1.29 is 4.79 Å². The van der Waals surface area contributed by atoms with Crippen molar-refractivity contribution >= 4 is 40.4 Å². The van der Waals surface area contributed by atoms with Gasteiger partial charge in [0.2, 0.25) is 5.91 Å². The van der Waals surface area contributed by atoms with Crippen molar-refractivity contribution in [3.05, 3.63) is 28.8 Å². The standard InChI is InChI=1S/C11H12ClN3OS/c12-7-1-2-9(8(5-7)11(13)17)15-4-3-14-10(16)6-15/h1-2,5H,3-4,6H2,(H2,13,17)(H,14,16). The molecule has 0 atom stereocenters. The predicted octanol–water partition coefficient (Wildman–Crippen LogP) is 0.910. The third-order valence-electron chi connectivity index (χ3n) is 2.60. The van der Waals surface area contributed by atoms with Gasteiger partial charge in [0, 0.05) is 29.4 Å². The van der Waals surface area contributed by atoms with Crippen LogP contribution >= 0.6 is 23.8 Å². The van der Waals surface area contributed by atoms with Crippen molar-refractivity contribution in [3.8, 4) is 0 Å². The van der Waals surface area contributed by atoms with Crippen LogP contribution in [0.2, 0.25) is 5.02 Å². The lowest BCUT2D eigenvalue weighted by Gasteiger charge is -2.30. The monoisotopic (exact) mass is 269 g/mol. The molecule has 0 aromatic heterocycles. The number of nitrogens with zero attached hydrogens (tertiary/aromatic N) is 1. The van der Waals surface area contributed by atoms with Crippen LogP contribution in [0.5, 0.6) is 0 Å². The van der Waals surface area contributed by atoms with Gasteiger partial charge in [-0.05, 0) is 18.2 Å². The number of carbonyl (C=O) groups excluding carboxylic acids is 1. The Morgan fingerprint density at radius 1 is 1.53 bits per heavy atom. The number of hydrogen-bond donors (Lipinski definition) is 2. The first-order valence-electron chi connectivity index (χ1n) is 5.19. The third-order valence-corrected chi connectivity index (χ3v) is 3.06. The summed E-state index contributed by atoms with van der Waals surface area (Å²) in [6.07, 6.45) is 0. The Bertz CT molecular complexity index is 478. The topological polar surface area (TPSA) is 58.4 Å². The number of nitrogens with two attached hydrogens (primary N) is 1. The number of halogens is 1. The molecule has 1 fully saturated rings. The van der Waals surface area contributed by atoms with Crippen molar-refractivity contribution in [2.45, 2.75) is 0 Å². The van der Waals surface area contributed by atoms with Crippen molar-refractivity contribution in [2.75, 3.05) is 24.5 Å². The van der Waals surface area contributed by atoms with E-state index < -0.39 is 0 Å². The molecule has 0 saturated carbocycles. The molecule has 1 aliphatic heterocycles. The lowest BCUT2D eigenvalue weighted by atomic mass is 10.1. The minimum absolute atomic E-state index is 0.0000831. The van der Waals surface area contributed by atoms with Gasteiger partial charge in [-0.2, -0.15) is 0 Å². The highest BCUT2D eigenvalue weighted by molar-refractivity contribution is 7.80. The van der Waals surface area contributed by atoms with E-state index in [-0.39, 0.29) is 10.9 Å². The number of piperazine rings is 1. The van der Waals surface area contributed by atoms with Gasteiger partial charge in [-0.15, -0.1) is 0 Å². The summed E-state index contributed by atoms with van der Waals surface area (Å²) in [5.41, 5.74) is 7.24. The smallest absolute Gasteiger partial charge is 0.239 e. The van der Waals surface area contributed by atoms with Crippen LogP contribution in [0, 0.1) is 0 Å². The second-order valence-electron chi connectivity index (χ2n) is 3.80. The van der Waals surface area contributed by atoms with Crippen LogP contribution in [0.25, 0.3) is 0 Å². The zero-order valence-corrected chi connectivity index (χ0v) is 10.6. The summed E-state index contributed by atoms with van der Waals surface area (Å²) in [7, 11) is 0. The Hall–Kier alpha value is -1.33. The molecule has 0 unspecified atom stereocenters. The van der Waals surface area contributed by atoms with Gasteiger partial charge in [-0.1, -0.05) is 23.8 Å². The van der Waals surface area contributed by atoms with Crippen LogP contribution in [-0.2, 0) is 4.79 Å². The lowest BCUT2D eigenvalue weighted by Crippen LogP contribution is -2.48. The molecule has 0 aliphatic carbocycles. The molecule has 4 nitrogen and oxygen atoms in total. The van der Waals surface area contributed by atoms with Crippen molar-refractivity contribution in [1.82, 2.24) is 5.32 Å². The first kappa shape index (κ1) is 12.1. The molecule has 2 rings (SSSR count). The minimum Gasteiger partial charge on any atom is -0.389 e. The molecule has 1 saturated heterocycles. The predicted molar refractivity (Wildman–Crippen MR) is 72.6 cm³/mol. The third kappa shape index (κ3) is 2.68. The van der Waals surface area contributed by atoms with Gasteiger partial charge in [0.15, 0.2) is 0 Å². The lowest BCUT2D eigenvalue weighted by molar-refractivity contribution is -0.120. The Morgan fingerprint density at radius 2 is 2.29 bits per heavy atom. The second-order valence-corrected chi connectivity index (χ2v) is 4.67. The minimum atomic E-state index is 0.0000831. The van der Waals surface area contributed by atoms with Crippen LogP contribution < -0.4 is 16.0 Å².